The van der Waals surface area contributed by atoms with Crippen LogP contribution < -0.4 is 20.7 Å². The van der Waals surface area contributed by atoms with E-state index >= 15 is 0 Å². The third-order valence-corrected chi connectivity index (χ3v) is 4.28. The first-order chi connectivity index (χ1) is 14.3. The van der Waals surface area contributed by atoms with E-state index in [2.05, 4.69) is 11.9 Å². The van der Waals surface area contributed by atoms with Crippen molar-refractivity contribution in [1.82, 2.24) is 0 Å². The van der Waals surface area contributed by atoms with Crippen LogP contribution in [0.2, 0.25) is 0 Å². The molecular formula is C23H29N3O4. The van der Waals surface area contributed by atoms with Gasteiger partial charge in [-0.25, -0.2) is 0 Å². The summed E-state index contributed by atoms with van der Waals surface area (Å²) in [5.41, 5.74) is 9.98. The summed E-state index contributed by atoms with van der Waals surface area (Å²) in [5, 5.41) is 3.15. The van der Waals surface area contributed by atoms with Crippen molar-refractivity contribution in [3.05, 3.63) is 60.3 Å². The lowest BCUT2D eigenvalue weighted by Gasteiger charge is -2.27. The number of nitrogen functional groups attached to an aromatic ring is 1. The smallest absolute Gasteiger partial charge is 0.308 e. The van der Waals surface area contributed by atoms with Crippen molar-refractivity contribution in [3.8, 4) is 5.75 Å². The lowest BCUT2D eigenvalue weighted by atomic mass is 10.1. The molecule has 0 unspecified atom stereocenters. The highest BCUT2D eigenvalue weighted by atomic mass is 16.5. The number of ether oxygens (including phenoxy) is 2. The quantitative estimate of drug-likeness (QED) is 0.429. The Morgan fingerprint density at radius 2 is 1.87 bits per heavy atom. The van der Waals surface area contributed by atoms with Gasteiger partial charge in [-0.15, -0.1) is 0 Å². The molecule has 0 atom stereocenters. The number of nitrogens with one attached hydrogen (secondary N) is 1. The minimum Gasteiger partial charge on any atom is -0.495 e. The van der Waals surface area contributed by atoms with E-state index in [1.165, 1.54) is 6.92 Å². The van der Waals surface area contributed by atoms with Gasteiger partial charge in [0.1, 0.15) is 12.4 Å². The number of esters is 1. The minimum absolute atomic E-state index is 0.122. The average Bonchev–Trinajstić information content (AvgIpc) is 2.71. The van der Waals surface area contributed by atoms with E-state index in [1.807, 2.05) is 48.2 Å². The summed E-state index contributed by atoms with van der Waals surface area (Å²) in [6.07, 6.45) is 0.122. The normalized spacial score (nSPS) is 10.2. The minimum atomic E-state index is -0.432. The van der Waals surface area contributed by atoms with Gasteiger partial charge in [0.05, 0.1) is 30.6 Å². The molecule has 0 saturated carbocycles. The number of ketones is 1. The van der Waals surface area contributed by atoms with Crippen LogP contribution in [-0.4, -0.2) is 32.0 Å². The van der Waals surface area contributed by atoms with Crippen LogP contribution in [0.5, 0.6) is 5.75 Å². The van der Waals surface area contributed by atoms with Gasteiger partial charge in [-0.2, -0.15) is 0 Å². The first kappa shape index (κ1) is 22.8. The van der Waals surface area contributed by atoms with Crippen LogP contribution in [0, 0.1) is 0 Å². The summed E-state index contributed by atoms with van der Waals surface area (Å²) < 4.78 is 10.6. The molecule has 7 nitrogen and oxygen atoms in total. The molecule has 0 bridgehead atoms. The Balaban J connectivity index is 2.33. The zero-order valence-corrected chi connectivity index (χ0v) is 17.7. The maximum Gasteiger partial charge on any atom is 0.308 e. The largest absolute Gasteiger partial charge is 0.495 e. The average molecular weight is 412 g/mol. The van der Waals surface area contributed by atoms with E-state index in [1.54, 1.807) is 13.2 Å². The summed E-state index contributed by atoms with van der Waals surface area (Å²) in [7, 11) is 1.58. The molecule has 0 saturated heterocycles. The van der Waals surface area contributed by atoms with Gasteiger partial charge in [-0.05, 0) is 25.5 Å². The van der Waals surface area contributed by atoms with Crippen molar-refractivity contribution in [3.63, 3.8) is 0 Å². The van der Waals surface area contributed by atoms with Crippen molar-refractivity contribution >= 4 is 28.8 Å². The first-order valence-corrected chi connectivity index (χ1v) is 9.64. The van der Waals surface area contributed by atoms with Gasteiger partial charge in [0, 0.05) is 24.9 Å². The van der Waals surface area contributed by atoms with Crippen molar-refractivity contribution in [2.75, 3.05) is 36.2 Å². The second-order valence-corrected chi connectivity index (χ2v) is 7.04. The Morgan fingerprint density at radius 3 is 2.47 bits per heavy atom. The molecule has 7 heteroatoms. The first-order valence-electron chi connectivity index (χ1n) is 9.64. The van der Waals surface area contributed by atoms with Crippen LogP contribution >= 0.6 is 0 Å². The molecule has 0 aromatic heterocycles. The fourth-order valence-electron chi connectivity index (χ4n) is 2.90. The van der Waals surface area contributed by atoms with Gasteiger partial charge in [0.15, 0.2) is 5.78 Å². The van der Waals surface area contributed by atoms with Crippen molar-refractivity contribution < 1.29 is 19.1 Å². The highest BCUT2D eigenvalue weighted by molar-refractivity contribution is 5.81. The van der Waals surface area contributed by atoms with E-state index in [-0.39, 0.29) is 18.8 Å². The summed E-state index contributed by atoms with van der Waals surface area (Å²) in [5.74, 6) is -0.0361. The number of nitrogens with zero attached hydrogens (tertiary/aromatic N) is 1. The number of hydrogen-bond donors (Lipinski definition) is 2. The van der Waals surface area contributed by atoms with Gasteiger partial charge >= 0.3 is 5.97 Å². The van der Waals surface area contributed by atoms with Crippen molar-refractivity contribution in [1.29, 1.82) is 0 Å². The number of allylic oxidation sites excluding steroid dienone is 1. The van der Waals surface area contributed by atoms with E-state index < -0.39 is 5.97 Å². The summed E-state index contributed by atoms with van der Waals surface area (Å²) in [4.78, 5) is 25.2. The molecule has 2 aromatic carbocycles. The Hall–Kier alpha value is -3.48. The standard InChI is InChI=1S/C23H29N3O4/c1-16(2)25-20-13-21(22(29-4)12-19(20)24)26(14-18-8-6-5-7-9-18)11-10-23(28)30-15-17(3)27/h5-9,12-13,25H,1,10-11,14-15,24H2,2-4H3. The number of anilines is 3. The molecule has 0 radical (unpaired) electrons. The monoisotopic (exact) mass is 411 g/mol. The molecular weight excluding hydrogens is 382 g/mol. The Labute approximate surface area is 177 Å². The summed E-state index contributed by atoms with van der Waals surface area (Å²) in [6.45, 7) is 7.80. The van der Waals surface area contributed by atoms with Gasteiger partial charge in [0.2, 0.25) is 0 Å². The van der Waals surface area contributed by atoms with Gasteiger partial charge in [-0.3, -0.25) is 9.59 Å². The van der Waals surface area contributed by atoms with Crippen LogP contribution in [0.1, 0.15) is 25.8 Å². The third-order valence-electron chi connectivity index (χ3n) is 4.28. The highest BCUT2D eigenvalue weighted by Gasteiger charge is 2.18. The molecule has 3 N–H and O–H groups in total. The van der Waals surface area contributed by atoms with Crippen LogP contribution in [0.3, 0.4) is 0 Å². The number of Topliss-reactive ketones (excluding diaryl/α,β-unsaturated/α-hetero) is 1. The zero-order valence-electron chi connectivity index (χ0n) is 17.7. The second-order valence-electron chi connectivity index (χ2n) is 7.04. The Morgan fingerprint density at radius 1 is 1.17 bits per heavy atom. The predicted molar refractivity (Wildman–Crippen MR) is 120 cm³/mol. The van der Waals surface area contributed by atoms with Crippen molar-refractivity contribution in [2.45, 2.75) is 26.8 Å². The van der Waals surface area contributed by atoms with E-state index in [0.29, 0.717) is 30.2 Å². The molecule has 30 heavy (non-hydrogen) atoms. The number of nitrogens with two attached hydrogens (primary N) is 1. The van der Waals surface area contributed by atoms with E-state index in [0.717, 1.165) is 16.9 Å². The predicted octanol–water partition coefficient (Wildman–Crippen LogP) is 3.75. The molecule has 0 fully saturated rings. The molecule has 0 aliphatic heterocycles. The number of carbonyl (C=O) groups is 2. The number of rotatable bonds is 11. The van der Waals surface area contributed by atoms with E-state index in [9.17, 15) is 9.59 Å². The molecule has 160 valence electrons. The van der Waals surface area contributed by atoms with Crippen molar-refractivity contribution in [2.24, 2.45) is 0 Å². The Kier molecular flexibility index (Phi) is 8.29. The number of hydrogen-bond acceptors (Lipinski definition) is 7. The number of carbonyl (C=O) groups excluding carboxylic acids is 2. The molecule has 2 rings (SSSR count). The maximum atomic E-state index is 12.1. The highest BCUT2D eigenvalue weighted by Crippen LogP contribution is 2.37. The van der Waals surface area contributed by atoms with Crippen LogP contribution in [0.4, 0.5) is 17.1 Å². The summed E-state index contributed by atoms with van der Waals surface area (Å²) >= 11 is 0. The molecule has 0 aliphatic rings. The molecule has 0 spiro atoms. The molecule has 0 heterocycles. The fraction of sp³-hybridized carbons (Fsp3) is 0.304. The van der Waals surface area contributed by atoms with Gasteiger partial charge in [0.25, 0.3) is 0 Å². The van der Waals surface area contributed by atoms with E-state index in [4.69, 9.17) is 15.2 Å². The molecule has 2 aromatic rings. The lowest BCUT2D eigenvalue weighted by molar-refractivity contribution is -0.147. The third kappa shape index (κ3) is 6.84. The summed E-state index contributed by atoms with van der Waals surface area (Å²) in [6, 6.07) is 13.5. The van der Waals surface area contributed by atoms with Crippen LogP contribution in [0.25, 0.3) is 0 Å². The second kappa shape index (κ2) is 10.9. The van der Waals surface area contributed by atoms with Crippen LogP contribution in [-0.2, 0) is 20.9 Å². The Bertz CT molecular complexity index is 897. The van der Waals surface area contributed by atoms with Gasteiger partial charge < -0.3 is 25.4 Å². The fourth-order valence-corrected chi connectivity index (χ4v) is 2.90. The number of methoxy groups -OCH3 is 1. The molecule has 0 aliphatic carbocycles. The van der Waals surface area contributed by atoms with Gasteiger partial charge in [-0.1, -0.05) is 36.9 Å². The topological polar surface area (TPSA) is 93.9 Å². The SMILES string of the molecule is C=C(C)Nc1cc(N(CCC(=O)OCC(C)=O)Cc2ccccc2)c(OC)cc1N. The number of benzene rings is 2. The zero-order chi connectivity index (χ0) is 22.1. The van der Waals surface area contributed by atoms with Crippen LogP contribution in [0.15, 0.2) is 54.7 Å². The maximum absolute atomic E-state index is 12.1. The molecule has 0 amide bonds. The lowest BCUT2D eigenvalue weighted by Crippen LogP contribution is -2.27.